The van der Waals surface area contributed by atoms with Gasteiger partial charge in [0.25, 0.3) is 0 Å². The molecule has 4 aromatic carbocycles. The number of hydrogen-bond acceptors (Lipinski definition) is 3. The zero-order chi connectivity index (χ0) is 22.7. The highest BCUT2D eigenvalue weighted by atomic mass is 35.5. The molecule has 4 aromatic rings. The van der Waals surface area contributed by atoms with Crippen molar-refractivity contribution < 1.29 is 14.4 Å². The zero-order valence-corrected chi connectivity index (χ0v) is 18.2. The molecule has 0 atom stereocenters. The van der Waals surface area contributed by atoms with Crippen molar-refractivity contribution in [3.63, 3.8) is 0 Å². The van der Waals surface area contributed by atoms with Gasteiger partial charge in [-0.25, -0.2) is 0 Å². The van der Waals surface area contributed by atoms with Crippen LogP contribution in [0.4, 0.5) is 0 Å². The molecule has 0 aromatic heterocycles. The van der Waals surface area contributed by atoms with Crippen molar-refractivity contribution in [2.45, 2.75) is 0 Å². The summed E-state index contributed by atoms with van der Waals surface area (Å²) in [6.07, 6.45) is 0. The summed E-state index contributed by atoms with van der Waals surface area (Å²) in [5, 5.41) is 1.12. The van der Waals surface area contributed by atoms with Crippen LogP contribution in [0.1, 0.15) is 47.8 Å². The average molecular weight is 459 g/mol. The first-order chi connectivity index (χ1) is 15.4. The first kappa shape index (κ1) is 21.7. The largest absolute Gasteiger partial charge is 0.289 e. The summed E-state index contributed by atoms with van der Waals surface area (Å²) in [7, 11) is 0. The topological polar surface area (TPSA) is 51.2 Å². The van der Waals surface area contributed by atoms with Gasteiger partial charge in [-0.15, -0.1) is 0 Å². The van der Waals surface area contributed by atoms with Crippen LogP contribution in [-0.4, -0.2) is 17.3 Å². The van der Waals surface area contributed by atoms with Gasteiger partial charge in [-0.05, 0) is 48.5 Å². The smallest absolute Gasteiger partial charge is 0.193 e. The fourth-order valence-corrected chi connectivity index (χ4v) is 3.50. The van der Waals surface area contributed by atoms with Crippen LogP contribution < -0.4 is 0 Å². The number of carbonyl (C=O) groups is 3. The van der Waals surface area contributed by atoms with Gasteiger partial charge in [0.2, 0.25) is 0 Å². The maximum absolute atomic E-state index is 12.8. The molecule has 0 amide bonds. The fourth-order valence-electron chi connectivity index (χ4n) is 3.25. The highest BCUT2D eigenvalue weighted by Crippen LogP contribution is 2.18. The van der Waals surface area contributed by atoms with Crippen molar-refractivity contribution in [1.82, 2.24) is 0 Å². The van der Waals surface area contributed by atoms with E-state index in [1.165, 1.54) is 0 Å². The maximum Gasteiger partial charge on any atom is 0.193 e. The molecule has 0 aliphatic carbocycles. The third-order valence-corrected chi connectivity index (χ3v) is 5.54. The number of rotatable bonds is 6. The van der Waals surface area contributed by atoms with Crippen LogP contribution in [-0.2, 0) is 0 Å². The van der Waals surface area contributed by atoms with E-state index in [0.29, 0.717) is 43.4 Å². The molecular weight excluding hydrogens is 443 g/mol. The lowest BCUT2D eigenvalue weighted by Gasteiger charge is -2.06. The van der Waals surface area contributed by atoms with E-state index in [0.717, 1.165) is 0 Å². The molecule has 0 heterocycles. The van der Waals surface area contributed by atoms with Crippen LogP contribution in [0.3, 0.4) is 0 Å². The molecule has 0 bridgehead atoms. The molecule has 0 N–H and O–H groups in total. The molecule has 0 saturated carbocycles. The minimum absolute atomic E-state index is 0.147. The molecule has 156 valence electrons. The number of hydrogen-bond donors (Lipinski definition) is 0. The molecule has 32 heavy (non-hydrogen) atoms. The monoisotopic (exact) mass is 458 g/mol. The molecule has 0 saturated heterocycles. The molecule has 0 unspecified atom stereocenters. The first-order valence-corrected chi connectivity index (χ1v) is 10.5. The predicted molar refractivity (Wildman–Crippen MR) is 126 cm³/mol. The van der Waals surface area contributed by atoms with E-state index in [4.69, 9.17) is 23.2 Å². The Morgan fingerprint density at radius 2 is 0.500 bits per heavy atom. The summed E-state index contributed by atoms with van der Waals surface area (Å²) in [6, 6.07) is 26.3. The van der Waals surface area contributed by atoms with Crippen LogP contribution in [0.5, 0.6) is 0 Å². The normalized spacial score (nSPS) is 10.6. The third-order valence-electron chi connectivity index (χ3n) is 5.03. The second-order valence-corrected chi connectivity index (χ2v) is 8.03. The maximum atomic E-state index is 12.8. The molecular formula is C27H16Cl2O3. The summed E-state index contributed by atoms with van der Waals surface area (Å²) in [5.74, 6) is -0.488. The van der Waals surface area contributed by atoms with Gasteiger partial charge in [0.15, 0.2) is 17.3 Å². The molecule has 0 aliphatic rings. The van der Waals surface area contributed by atoms with Crippen LogP contribution in [0.2, 0.25) is 10.0 Å². The van der Waals surface area contributed by atoms with Gasteiger partial charge in [-0.2, -0.15) is 0 Å². The Kier molecular flexibility index (Phi) is 6.31. The van der Waals surface area contributed by atoms with Crippen molar-refractivity contribution >= 4 is 40.6 Å². The van der Waals surface area contributed by atoms with Crippen molar-refractivity contribution in [2.75, 3.05) is 0 Å². The van der Waals surface area contributed by atoms with Gasteiger partial charge in [-0.1, -0.05) is 71.7 Å². The molecule has 4 rings (SSSR count). The van der Waals surface area contributed by atoms with Crippen molar-refractivity contribution in [3.05, 3.63) is 140 Å². The van der Waals surface area contributed by atoms with Gasteiger partial charge < -0.3 is 0 Å². The summed E-state index contributed by atoms with van der Waals surface area (Å²) >= 11 is 11.7. The Labute approximate surface area is 195 Å². The summed E-state index contributed by atoms with van der Waals surface area (Å²) in [6.45, 7) is 0. The van der Waals surface area contributed by atoms with E-state index in [2.05, 4.69) is 0 Å². The molecule has 0 aliphatic heterocycles. The summed E-state index contributed by atoms with van der Waals surface area (Å²) < 4.78 is 0. The van der Waals surface area contributed by atoms with Crippen LogP contribution in [0.25, 0.3) is 0 Å². The fraction of sp³-hybridized carbons (Fsp3) is 0. The van der Waals surface area contributed by atoms with E-state index >= 15 is 0 Å². The Bertz CT molecular complexity index is 1190. The number of ketones is 3. The van der Waals surface area contributed by atoms with Crippen LogP contribution >= 0.6 is 23.2 Å². The lowest BCUT2D eigenvalue weighted by atomic mass is 9.97. The van der Waals surface area contributed by atoms with Gasteiger partial charge in [0.1, 0.15) is 0 Å². The average Bonchev–Trinajstić information content (AvgIpc) is 2.84. The van der Waals surface area contributed by atoms with Gasteiger partial charge in [0, 0.05) is 43.4 Å². The van der Waals surface area contributed by atoms with E-state index in [9.17, 15) is 14.4 Å². The number of carbonyl (C=O) groups excluding carboxylic acids is 3. The van der Waals surface area contributed by atoms with Crippen LogP contribution in [0, 0.1) is 0 Å². The van der Waals surface area contributed by atoms with Gasteiger partial charge in [0.05, 0.1) is 0 Å². The summed E-state index contributed by atoms with van der Waals surface area (Å²) in [5.41, 5.74) is 2.91. The van der Waals surface area contributed by atoms with Gasteiger partial charge >= 0.3 is 0 Å². The Morgan fingerprint density at radius 3 is 0.688 bits per heavy atom. The number of benzene rings is 4. The standard InChI is InChI=1S/C27H16Cl2O3/c28-23-13-9-21(10-14-23)26(31)19-5-1-17(2-6-19)25(30)18-3-7-20(8-4-18)27(32)22-11-15-24(29)16-12-22/h1-16H. The lowest BCUT2D eigenvalue weighted by molar-refractivity contribution is 0.102. The Hall–Kier alpha value is -3.53. The highest BCUT2D eigenvalue weighted by Gasteiger charge is 2.14. The van der Waals surface area contributed by atoms with Crippen molar-refractivity contribution in [2.24, 2.45) is 0 Å². The number of halogens is 2. The van der Waals surface area contributed by atoms with Crippen molar-refractivity contribution in [3.8, 4) is 0 Å². The van der Waals surface area contributed by atoms with E-state index < -0.39 is 0 Å². The van der Waals surface area contributed by atoms with Crippen LogP contribution in [0.15, 0.2) is 97.1 Å². The molecule has 0 fully saturated rings. The second kappa shape index (κ2) is 9.31. The third kappa shape index (κ3) is 4.70. The first-order valence-electron chi connectivity index (χ1n) is 9.78. The van der Waals surface area contributed by atoms with E-state index in [-0.39, 0.29) is 17.3 Å². The van der Waals surface area contributed by atoms with E-state index in [1.54, 1.807) is 97.1 Å². The van der Waals surface area contributed by atoms with E-state index in [1.807, 2.05) is 0 Å². The SMILES string of the molecule is O=C(c1ccc(Cl)cc1)c1ccc(C(=O)c2ccc(C(=O)c3ccc(Cl)cc3)cc2)cc1. The molecule has 3 nitrogen and oxygen atoms in total. The van der Waals surface area contributed by atoms with Gasteiger partial charge in [-0.3, -0.25) is 14.4 Å². The van der Waals surface area contributed by atoms with Crippen molar-refractivity contribution in [1.29, 1.82) is 0 Å². The Morgan fingerprint density at radius 1 is 0.344 bits per heavy atom. The second-order valence-electron chi connectivity index (χ2n) is 7.16. The predicted octanol–water partition coefficient (Wildman–Crippen LogP) is 6.69. The highest BCUT2D eigenvalue weighted by molar-refractivity contribution is 6.31. The molecule has 0 radical (unpaired) electrons. The quantitative estimate of drug-likeness (QED) is 0.302. The molecule has 5 heteroatoms. The lowest BCUT2D eigenvalue weighted by Crippen LogP contribution is -2.06. The zero-order valence-electron chi connectivity index (χ0n) is 16.7. The minimum atomic E-state index is -0.194. The summed E-state index contributed by atoms with van der Waals surface area (Å²) in [4.78, 5) is 38.0. The minimum Gasteiger partial charge on any atom is -0.289 e. The molecule has 0 spiro atoms. The Balaban J connectivity index is 1.49.